The van der Waals surface area contributed by atoms with Crippen molar-refractivity contribution in [2.45, 2.75) is 361 Å². The molecule has 0 saturated carbocycles. The molecule has 0 rings (SSSR count). The molecular weight excluding hydrogens is 1130 g/mol. The first-order valence-corrected chi connectivity index (χ1v) is 37.8. The van der Waals surface area contributed by atoms with Gasteiger partial charge in [-0.1, -0.05) is 291 Å². The first-order chi connectivity index (χ1) is 41.2. The zero-order valence-electron chi connectivity index (χ0n) is 54.6. The van der Waals surface area contributed by atoms with Gasteiger partial charge in [0.25, 0.3) is 0 Å². The van der Waals surface area contributed by atoms with Crippen LogP contribution in [0, 0.1) is 0 Å². The number of rotatable bonds is 67. The van der Waals surface area contributed by atoms with Crippen molar-refractivity contribution >= 4 is 39.5 Å². The molecule has 0 bridgehead atoms. The molecule has 0 fully saturated rings. The number of unbranched alkanes of at least 4 members (excludes halogenated alkanes) is 41. The van der Waals surface area contributed by atoms with Gasteiger partial charge in [-0.15, -0.1) is 0 Å². The van der Waals surface area contributed by atoms with E-state index < -0.39 is 97.5 Å². The Balaban J connectivity index is 5.18. The quantitative estimate of drug-likeness (QED) is 0.0222. The second-order valence-electron chi connectivity index (χ2n) is 23.9. The van der Waals surface area contributed by atoms with E-state index in [4.69, 9.17) is 37.0 Å². The maximum atomic E-state index is 13.0. The van der Waals surface area contributed by atoms with E-state index >= 15 is 0 Å². The van der Waals surface area contributed by atoms with Gasteiger partial charge in [-0.3, -0.25) is 37.3 Å². The number of esters is 4. The lowest BCUT2D eigenvalue weighted by Crippen LogP contribution is -2.30. The van der Waals surface area contributed by atoms with E-state index in [-0.39, 0.29) is 25.7 Å². The number of hydrogen-bond acceptors (Lipinski definition) is 15. The summed E-state index contributed by atoms with van der Waals surface area (Å²) in [4.78, 5) is 72.2. The van der Waals surface area contributed by atoms with Gasteiger partial charge >= 0.3 is 39.5 Å². The van der Waals surface area contributed by atoms with Gasteiger partial charge in [0, 0.05) is 25.7 Å². The summed E-state index contributed by atoms with van der Waals surface area (Å²) in [6.45, 7) is 4.86. The molecule has 0 aromatic heterocycles. The fourth-order valence-electron chi connectivity index (χ4n) is 9.99. The molecule has 3 N–H and O–H groups in total. The van der Waals surface area contributed by atoms with Gasteiger partial charge in [-0.05, 0) is 25.7 Å². The molecule has 0 aromatic rings. The minimum absolute atomic E-state index is 0.106. The van der Waals surface area contributed by atoms with Crippen LogP contribution in [0.2, 0.25) is 0 Å². The third-order valence-corrected chi connectivity index (χ3v) is 17.3. The van der Waals surface area contributed by atoms with Crippen LogP contribution in [0.3, 0.4) is 0 Å². The zero-order valence-corrected chi connectivity index (χ0v) is 56.4. The maximum Gasteiger partial charge on any atom is 0.472 e. The molecule has 0 amide bonds. The summed E-state index contributed by atoms with van der Waals surface area (Å²) in [6.07, 6.45) is 47.2. The van der Waals surface area contributed by atoms with Gasteiger partial charge in [0.15, 0.2) is 12.2 Å². The summed E-state index contributed by atoms with van der Waals surface area (Å²) >= 11 is 0. The van der Waals surface area contributed by atoms with Gasteiger partial charge in [0.2, 0.25) is 0 Å². The fourth-order valence-corrected chi connectivity index (χ4v) is 11.6. The highest BCUT2D eigenvalue weighted by molar-refractivity contribution is 7.47. The summed E-state index contributed by atoms with van der Waals surface area (Å²) in [6, 6.07) is 0. The molecule has 0 aliphatic carbocycles. The minimum Gasteiger partial charge on any atom is -0.462 e. The Labute approximate surface area is 517 Å². The number of ether oxygens (including phenoxy) is 4. The van der Waals surface area contributed by atoms with Gasteiger partial charge in [0.05, 0.1) is 26.4 Å². The van der Waals surface area contributed by atoms with Crippen molar-refractivity contribution in [1.29, 1.82) is 0 Å². The second kappa shape index (κ2) is 60.9. The van der Waals surface area contributed by atoms with Crippen LogP contribution in [-0.4, -0.2) is 96.7 Å². The number of hydrogen-bond donors (Lipinski definition) is 3. The Kier molecular flexibility index (Phi) is 59.6. The fraction of sp³-hybridized carbons (Fsp3) is 0.939. The van der Waals surface area contributed by atoms with Crippen molar-refractivity contribution < 1.29 is 80.2 Å². The second-order valence-corrected chi connectivity index (χ2v) is 26.8. The summed E-state index contributed by atoms with van der Waals surface area (Å²) in [5, 5.41) is 10.5. The van der Waals surface area contributed by atoms with E-state index in [1.165, 1.54) is 161 Å². The van der Waals surface area contributed by atoms with Crippen molar-refractivity contribution in [1.82, 2.24) is 0 Å². The molecule has 2 unspecified atom stereocenters. The molecule has 5 atom stereocenters. The lowest BCUT2D eigenvalue weighted by atomic mass is 10.0. The van der Waals surface area contributed by atoms with Gasteiger partial charge in [-0.25, -0.2) is 9.13 Å². The van der Waals surface area contributed by atoms with E-state index in [0.29, 0.717) is 25.7 Å². The largest absolute Gasteiger partial charge is 0.472 e. The number of aliphatic hydroxyl groups is 1. The molecule has 0 heterocycles. The third kappa shape index (κ3) is 60.7. The number of phosphoric acid groups is 2. The van der Waals surface area contributed by atoms with Crippen molar-refractivity contribution in [2.75, 3.05) is 39.6 Å². The molecule has 0 spiro atoms. The Bertz CT molecular complexity index is 1640. The first-order valence-electron chi connectivity index (χ1n) is 34.8. The SMILES string of the molecule is CCCCCCCCCCCCCCCCCCCC(=O)O[C@H](COC(=O)CCCCCCCCCCCCC)COP(=O)(O)OC[C@@H](O)COP(=O)(O)OC[C@@H](COC(=O)CCCCCCCCC)OC(=O)CCCCCCCCCCCC. The minimum atomic E-state index is -4.94. The summed E-state index contributed by atoms with van der Waals surface area (Å²) in [7, 11) is -9.88. The normalized spacial score (nSPS) is 14.1. The average molecular weight is 1260 g/mol. The summed E-state index contributed by atoms with van der Waals surface area (Å²) in [5.74, 6) is -2.13. The van der Waals surface area contributed by atoms with Crippen LogP contribution in [0.5, 0.6) is 0 Å². The lowest BCUT2D eigenvalue weighted by molar-refractivity contribution is -0.161. The van der Waals surface area contributed by atoms with Crippen LogP contribution in [-0.2, 0) is 65.4 Å². The highest BCUT2D eigenvalue weighted by atomic mass is 31.2. The number of phosphoric ester groups is 2. The monoisotopic (exact) mass is 1250 g/mol. The topological polar surface area (TPSA) is 237 Å². The van der Waals surface area contributed by atoms with Gasteiger partial charge in [0.1, 0.15) is 19.3 Å². The lowest BCUT2D eigenvalue weighted by Gasteiger charge is -2.21. The van der Waals surface area contributed by atoms with Crippen LogP contribution in [0.25, 0.3) is 0 Å². The standard InChI is InChI=1S/C66H128O17P2/c1-5-9-13-17-21-24-27-28-29-30-31-32-34-37-41-45-49-53-66(71)83-62(57-77-64(69)51-47-43-39-36-33-25-22-18-14-10-6-2)59-81-85(74,75)79-55-60(67)54-78-84(72,73)80-58-61(56-76-63(68)50-46-42-38-20-16-12-8-4)82-65(70)52-48-44-40-35-26-23-19-15-11-7-3/h60-62,67H,5-59H2,1-4H3,(H,72,73)(H,74,75)/t60-,61+,62+/m0/s1. The predicted molar refractivity (Wildman–Crippen MR) is 340 cm³/mol. The zero-order chi connectivity index (χ0) is 62.6. The molecule has 0 aliphatic rings. The van der Waals surface area contributed by atoms with Gasteiger partial charge in [-0.2, -0.15) is 0 Å². The Morgan fingerprint density at radius 2 is 0.471 bits per heavy atom. The molecule has 504 valence electrons. The Morgan fingerprint density at radius 3 is 0.694 bits per heavy atom. The van der Waals surface area contributed by atoms with Gasteiger partial charge < -0.3 is 33.8 Å². The van der Waals surface area contributed by atoms with E-state index in [2.05, 4.69) is 27.7 Å². The first kappa shape index (κ1) is 83.1. The Morgan fingerprint density at radius 1 is 0.282 bits per heavy atom. The molecule has 19 heteroatoms. The number of aliphatic hydroxyl groups excluding tert-OH is 1. The van der Waals surface area contributed by atoms with E-state index in [0.717, 1.165) is 103 Å². The highest BCUT2D eigenvalue weighted by Gasteiger charge is 2.30. The molecular formula is C66H128O17P2. The predicted octanol–water partition coefficient (Wildman–Crippen LogP) is 18.7. The molecule has 17 nitrogen and oxygen atoms in total. The van der Waals surface area contributed by atoms with Crippen LogP contribution < -0.4 is 0 Å². The van der Waals surface area contributed by atoms with Crippen molar-refractivity contribution in [3.05, 3.63) is 0 Å². The van der Waals surface area contributed by atoms with Crippen molar-refractivity contribution in [3.8, 4) is 0 Å². The Hall–Kier alpha value is -1.94. The number of carbonyl (C=O) groups excluding carboxylic acids is 4. The van der Waals surface area contributed by atoms with E-state index in [1.54, 1.807) is 0 Å². The average Bonchev–Trinajstić information content (AvgIpc) is 3.57. The highest BCUT2D eigenvalue weighted by Crippen LogP contribution is 2.45. The van der Waals surface area contributed by atoms with Crippen LogP contribution in [0.1, 0.15) is 342 Å². The summed E-state index contributed by atoms with van der Waals surface area (Å²) in [5.41, 5.74) is 0. The van der Waals surface area contributed by atoms with Crippen LogP contribution in [0.4, 0.5) is 0 Å². The molecule has 0 aliphatic heterocycles. The molecule has 0 saturated heterocycles. The smallest absolute Gasteiger partial charge is 0.462 e. The summed E-state index contributed by atoms with van der Waals surface area (Å²) < 4.78 is 68.0. The molecule has 0 aromatic carbocycles. The van der Waals surface area contributed by atoms with E-state index in [1.807, 2.05) is 0 Å². The van der Waals surface area contributed by atoms with Crippen molar-refractivity contribution in [3.63, 3.8) is 0 Å². The molecule has 85 heavy (non-hydrogen) atoms. The van der Waals surface area contributed by atoms with Crippen molar-refractivity contribution in [2.24, 2.45) is 0 Å². The van der Waals surface area contributed by atoms with E-state index in [9.17, 15) is 43.2 Å². The van der Waals surface area contributed by atoms with Crippen LogP contribution in [0.15, 0.2) is 0 Å². The third-order valence-electron chi connectivity index (χ3n) is 15.4. The number of carbonyl (C=O) groups is 4. The van der Waals surface area contributed by atoms with Crippen LogP contribution >= 0.6 is 15.6 Å². The maximum absolute atomic E-state index is 13.0. The molecule has 0 radical (unpaired) electrons.